The highest BCUT2D eigenvalue weighted by Crippen LogP contribution is 2.29. The third-order valence-corrected chi connectivity index (χ3v) is 6.51. The number of aryl methyl sites for hydroxylation is 1. The molecule has 1 saturated heterocycles. The van der Waals surface area contributed by atoms with Gasteiger partial charge in [-0.1, -0.05) is 42.8 Å². The second kappa shape index (κ2) is 8.15. The Morgan fingerprint density at radius 1 is 1.28 bits per heavy atom. The molecule has 2 aromatic heterocycles. The van der Waals surface area contributed by atoms with Crippen molar-refractivity contribution < 1.29 is 4.79 Å². The van der Waals surface area contributed by atoms with Crippen molar-refractivity contribution in [2.75, 3.05) is 13.1 Å². The van der Waals surface area contributed by atoms with Crippen LogP contribution in [0.1, 0.15) is 42.8 Å². The third kappa shape index (κ3) is 4.01. The largest absolute Gasteiger partial charge is 0.342 e. The molecule has 1 aromatic carbocycles. The van der Waals surface area contributed by atoms with Crippen LogP contribution < -0.4 is 0 Å². The minimum Gasteiger partial charge on any atom is -0.342 e. The maximum Gasteiger partial charge on any atom is 0.227 e. The fraction of sp³-hybridized carbons (Fsp3) is 0.435. The number of aromatic nitrogens is 3. The van der Waals surface area contributed by atoms with Crippen molar-refractivity contribution in [2.24, 2.45) is 5.92 Å². The fourth-order valence-electron chi connectivity index (χ4n) is 4.24. The van der Waals surface area contributed by atoms with Gasteiger partial charge >= 0.3 is 0 Å². The molecule has 3 aromatic rings. The molecule has 2 atom stereocenters. The molecule has 0 aliphatic carbocycles. The van der Waals surface area contributed by atoms with Gasteiger partial charge in [-0.2, -0.15) is 5.10 Å². The molecule has 29 heavy (non-hydrogen) atoms. The van der Waals surface area contributed by atoms with Crippen LogP contribution >= 0.6 is 11.6 Å². The van der Waals surface area contributed by atoms with Gasteiger partial charge in [0.15, 0.2) is 0 Å². The van der Waals surface area contributed by atoms with E-state index < -0.39 is 0 Å². The Hall–Kier alpha value is -2.40. The first-order valence-corrected chi connectivity index (χ1v) is 10.6. The van der Waals surface area contributed by atoms with Crippen LogP contribution in [0.5, 0.6) is 0 Å². The van der Waals surface area contributed by atoms with Crippen LogP contribution in [0.25, 0.3) is 10.8 Å². The van der Waals surface area contributed by atoms with Crippen molar-refractivity contribution >= 4 is 28.3 Å². The Morgan fingerprint density at radius 2 is 2.03 bits per heavy atom. The molecular weight excluding hydrogens is 384 g/mol. The molecule has 3 heterocycles. The van der Waals surface area contributed by atoms with E-state index in [0.29, 0.717) is 11.6 Å². The van der Waals surface area contributed by atoms with Crippen molar-refractivity contribution in [3.63, 3.8) is 0 Å². The van der Waals surface area contributed by atoms with Crippen LogP contribution in [0.3, 0.4) is 0 Å². The number of rotatable bonds is 4. The minimum absolute atomic E-state index is 0.146. The normalized spacial score (nSPS) is 18.2. The Bertz CT molecular complexity index is 1040. The summed E-state index contributed by atoms with van der Waals surface area (Å²) in [6, 6.07) is 10.5. The van der Waals surface area contributed by atoms with E-state index in [1.165, 1.54) is 5.39 Å². The lowest BCUT2D eigenvalue weighted by Gasteiger charge is -2.34. The zero-order valence-electron chi connectivity index (χ0n) is 17.2. The minimum atomic E-state index is -0.146. The SMILES string of the molecule is Cc1nn(CC(C)C(=O)N2CCCC(c3cc4ccccc4cn3)C2)c(C)c1Cl. The first-order valence-electron chi connectivity index (χ1n) is 10.3. The quantitative estimate of drug-likeness (QED) is 0.624. The molecule has 0 saturated carbocycles. The van der Waals surface area contributed by atoms with E-state index in [2.05, 4.69) is 29.4 Å². The van der Waals surface area contributed by atoms with Crippen LogP contribution in [0.4, 0.5) is 0 Å². The number of benzene rings is 1. The standard InChI is InChI=1S/C23H27ClN4O/c1-15(13-28-17(3)22(24)16(2)26-28)23(29)27-10-6-9-20(14-27)21-11-18-7-4-5-8-19(18)12-25-21/h4-5,7-8,11-12,15,20H,6,9-10,13-14H2,1-3H3. The van der Waals surface area contributed by atoms with Crippen molar-refractivity contribution in [3.8, 4) is 0 Å². The summed E-state index contributed by atoms with van der Waals surface area (Å²) in [6.45, 7) is 7.90. The Labute approximate surface area is 176 Å². The topological polar surface area (TPSA) is 51.0 Å². The third-order valence-electron chi connectivity index (χ3n) is 5.96. The molecule has 6 heteroatoms. The van der Waals surface area contributed by atoms with Crippen molar-refractivity contribution in [1.29, 1.82) is 0 Å². The monoisotopic (exact) mass is 410 g/mol. The summed E-state index contributed by atoms with van der Waals surface area (Å²) in [5.74, 6) is 0.319. The molecule has 152 valence electrons. The van der Waals surface area contributed by atoms with Gasteiger partial charge in [-0.15, -0.1) is 0 Å². The summed E-state index contributed by atoms with van der Waals surface area (Å²) in [5, 5.41) is 7.51. The zero-order valence-corrected chi connectivity index (χ0v) is 18.0. The summed E-state index contributed by atoms with van der Waals surface area (Å²) < 4.78 is 1.85. The summed E-state index contributed by atoms with van der Waals surface area (Å²) in [5.41, 5.74) is 2.81. The molecule has 0 spiro atoms. The predicted octanol–water partition coefficient (Wildman–Crippen LogP) is 4.74. The van der Waals surface area contributed by atoms with E-state index in [-0.39, 0.29) is 17.7 Å². The Morgan fingerprint density at radius 3 is 2.76 bits per heavy atom. The van der Waals surface area contributed by atoms with Crippen LogP contribution in [-0.2, 0) is 11.3 Å². The van der Waals surface area contributed by atoms with E-state index in [4.69, 9.17) is 16.6 Å². The first kappa shape index (κ1) is 19.9. The van der Waals surface area contributed by atoms with E-state index in [0.717, 1.165) is 48.4 Å². The summed E-state index contributed by atoms with van der Waals surface area (Å²) >= 11 is 6.25. The van der Waals surface area contributed by atoms with Gasteiger partial charge in [0.2, 0.25) is 5.91 Å². The van der Waals surface area contributed by atoms with Crippen molar-refractivity contribution in [2.45, 2.75) is 46.1 Å². The van der Waals surface area contributed by atoms with Gasteiger partial charge in [0.05, 0.1) is 28.9 Å². The van der Waals surface area contributed by atoms with E-state index >= 15 is 0 Å². The number of piperidine rings is 1. The van der Waals surface area contributed by atoms with Gasteiger partial charge in [-0.05, 0) is 38.1 Å². The van der Waals surface area contributed by atoms with E-state index in [1.54, 1.807) is 0 Å². The zero-order chi connectivity index (χ0) is 20.5. The highest BCUT2D eigenvalue weighted by Gasteiger charge is 2.29. The molecule has 2 unspecified atom stereocenters. The number of hydrogen-bond donors (Lipinski definition) is 0. The number of halogens is 1. The molecule has 4 rings (SSSR count). The van der Waals surface area contributed by atoms with Gasteiger partial charge in [-0.25, -0.2) is 0 Å². The number of pyridine rings is 1. The number of likely N-dealkylation sites (tertiary alicyclic amines) is 1. The molecule has 0 N–H and O–H groups in total. The maximum atomic E-state index is 13.1. The number of carbonyl (C=O) groups is 1. The van der Waals surface area contributed by atoms with Gasteiger partial charge in [-0.3, -0.25) is 14.5 Å². The van der Waals surface area contributed by atoms with Gasteiger partial charge < -0.3 is 4.90 Å². The predicted molar refractivity (Wildman–Crippen MR) is 116 cm³/mol. The first-order chi connectivity index (χ1) is 13.9. The Balaban J connectivity index is 1.46. The second-order valence-electron chi connectivity index (χ2n) is 8.15. The highest BCUT2D eigenvalue weighted by molar-refractivity contribution is 6.31. The molecule has 1 aliphatic rings. The molecular formula is C23H27ClN4O. The lowest BCUT2D eigenvalue weighted by Crippen LogP contribution is -2.42. The molecule has 0 bridgehead atoms. The molecule has 5 nitrogen and oxygen atoms in total. The van der Waals surface area contributed by atoms with Crippen molar-refractivity contribution in [3.05, 3.63) is 58.6 Å². The average molecular weight is 411 g/mol. The number of carbonyl (C=O) groups excluding carboxylic acids is 1. The highest BCUT2D eigenvalue weighted by atomic mass is 35.5. The lowest BCUT2D eigenvalue weighted by atomic mass is 9.92. The van der Waals surface area contributed by atoms with Gasteiger partial charge in [0, 0.05) is 36.3 Å². The molecule has 1 amide bonds. The second-order valence-corrected chi connectivity index (χ2v) is 8.53. The number of hydrogen-bond acceptors (Lipinski definition) is 3. The summed E-state index contributed by atoms with van der Waals surface area (Å²) in [6.07, 6.45) is 4.01. The van der Waals surface area contributed by atoms with Crippen LogP contribution in [-0.4, -0.2) is 38.7 Å². The van der Waals surface area contributed by atoms with Crippen LogP contribution in [0.2, 0.25) is 5.02 Å². The number of amides is 1. The summed E-state index contributed by atoms with van der Waals surface area (Å²) in [4.78, 5) is 19.8. The number of nitrogens with zero attached hydrogens (tertiary/aromatic N) is 4. The number of fused-ring (bicyclic) bond motifs is 1. The van der Waals surface area contributed by atoms with E-state index in [9.17, 15) is 4.79 Å². The average Bonchev–Trinajstić information content (AvgIpc) is 2.99. The van der Waals surface area contributed by atoms with Crippen LogP contribution in [0, 0.1) is 19.8 Å². The molecule has 1 aliphatic heterocycles. The smallest absolute Gasteiger partial charge is 0.227 e. The van der Waals surface area contributed by atoms with E-state index in [1.807, 2.05) is 42.6 Å². The molecule has 0 radical (unpaired) electrons. The lowest BCUT2D eigenvalue weighted by molar-refractivity contribution is -0.136. The fourth-order valence-corrected chi connectivity index (χ4v) is 4.38. The molecule has 1 fully saturated rings. The Kier molecular flexibility index (Phi) is 5.59. The van der Waals surface area contributed by atoms with Crippen LogP contribution in [0.15, 0.2) is 36.5 Å². The maximum absolute atomic E-state index is 13.1. The van der Waals surface area contributed by atoms with Crippen molar-refractivity contribution in [1.82, 2.24) is 19.7 Å². The van der Waals surface area contributed by atoms with Gasteiger partial charge in [0.1, 0.15) is 0 Å². The summed E-state index contributed by atoms with van der Waals surface area (Å²) in [7, 11) is 0. The van der Waals surface area contributed by atoms with Gasteiger partial charge in [0.25, 0.3) is 0 Å².